The van der Waals surface area contributed by atoms with E-state index in [0.29, 0.717) is 24.7 Å². The number of benzene rings is 2. The van der Waals surface area contributed by atoms with Gasteiger partial charge in [-0.1, -0.05) is 6.42 Å². The highest BCUT2D eigenvalue weighted by molar-refractivity contribution is 7.92. The molecule has 2 unspecified atom stereocenters. The smallest absolute Gasteiger partial charge is 0.262 e. The van der Waals surface area contributed by atoms with E-state index in [-0.39, 0.29) is 27.6 Å². The summed E-state index contributed by atoms with van der Waals surface area (Å²) in [6, 6.07) is 10.1. The van der Waals surface area contributed by atoms with Gasteiger partial charge in [-0.05, 0) is 63.1 Å². The lowest BCUT2D eigenvalue weighted by molar-refractivity contribution is 0.171. The van der Waals surface area contributed by atoms with Gasteiger partial charge in [0.15, 0.2) is 11.5 Å². The summed E-state index contributed by atoms with van der Waals surface area (Å²) in [6.07, 6.45) is 2.67. The highest BCUT2D eigenvalue weighted by Crippen LogP contribution is 2.33. The van der Waals surface area contributed by atoms with Crippen LogP contribution in [-0.4, -0.2) is 46.4 Å². The molecule has 168 valence electrons. The van der Waals surface area contributed by atoms with E-state index in [9.17, 15) is 16.8 Å². The maximum atomic E-state index is 13.1. The Bertz CT molecular complexity index is 1150. The lowest BCUT2D eigenvalue weighted by Crippen LogP contribution is -2.47. The van der Waals surface area contributed by atoms with E-state index < -0.39 is 20.0 Å². The molecule has 2 aromatic rings. The third-order valence-electron chi connectivity index (χ3n) is 5.62. The lowest BCUT2D eigenvalue weighted by Gasteiger charge is -2.37. The predicted molar refractivity (Wildman–Crippen MR) is 116 cm³/mol. The van der Waals surface area contributed by atoms with E-state index >= 15 is 0 Å². The molecular weight excluding hydrogens is 440 g/mol. The van der Waals surface area contributed by atoms with Crippen molar-refractivity contribution in [3.8, 4) is 11.5 Å². The SMILES string of the molecule is CC1CCCC(C)N1S(=O)(=O)c1ccc(NS(=O)(=O)c2ccc3c(c2)OCCO3)cc1. The minimum atomic E-state index is -3.88. The van der Waals surface area contributed by atoms with Crippen molar-refractivity contribution in [2.75, 3.05) is 17.9 Å². The molecule has 0 aliphatic carbocycles. The largest absolute Gasteiger partial charge is 0.486 e. The van der Waals surface area contributed by atoms with Crippen LogP contribution in [0, 0.1) is 0 Å². The standard InChI is InChI=1S/C21H26N2O6S2/c1-15-4-3-5-16(2)23(15)31(26,27)18-8-6-17(7-9-18)22-30(24,25)19-10-11-20-21(14-19)29-13-12-28-20/h6-11,14-16,22H,3-5,12-13H2,1-2H3. The number of fused-ring (bicyclic) bond motifs is 1. The summed E-state index contributed by atoms with van der Waals surface area (Å²) < 4.78 is 66.7. The van der Waals surface area contributed by atoms with Gasteiger partial charge in [0.2, 0.25) is 10.0 Å². The second kappa shape index (κ2) is 8.33. The van der Waals surface area contributed by atoms with Gasteiger partial charge in [-0.3, -0.25) is 4.72 Å². The third kappa shape index (κ3) is 4.37. The summed E-state index contributed by atoms with van der Waals surface area (Å²) in [6.45, 7) is 4.61. The fourth-order valence-corrected chi connectivity index (χ4v) is 7.05. The molecule has 0 bridgehead atoms. The fourth-order valence-electron chi connectivity index (χ4n) is 4.09. The Balaban J connectivity index is 1.54. The summed E-state index contributed by atoms with van der Waals surface area (Å²) in [4.78, 5) is 0.180. The fraction of sp³-hybridized carbons (Fsp3) is 0.429. The second-order valence-corrected chi connectivity index (χ2v) is 11.4. The van der Waals surface area contributed by atoms with Crippen LogP contribution in [0.4, 0.5) is 5.69 Å². The van der Waals surface area contributed by atoms with E-state index in [4.69, 9.17) is 9.47 Å². The van der Waals surface area contributed by atoms with Gasteiger partial charge in [0.05, 0.1) is 9.79 Å². The Labute approximate surface area is 183 Å². The van der Waals surface area contributed by atoms with E-state index in [1.54, 1.807) is 10.4 Å². The van der Waals surface area contributed by atoms with E-state index in [1.165, 1.54) is 36.4 Å². The molecule has 0 saturated carbocycles. The first kappa shape index (κ1) is 21.9. The molecule has 0 amide bonds. The molecule has 8 nitrogen and oxygen atoms in total. The van der Waals surface area contributed by atoms with Gasteiger partial charge in [0.25, 0.3) is 10.0 Å². The molecule has 0 radical (unpaired) electrons. The van der Waals surface area contributed by atoms with Crippen LogP contribution >= 0.6 is 0 Å². The number of piperidine rings is 1. The molecular formula is C21H26N2O6S2. The molecule has 2 aliphatic heterocycles. The van der Waals surface area contributed by atoms with Crippen LogP contribution in [0.5, 0.6) is 11.5 Å². The van der Waals surface area contributed by atoms with Crippen LogP contribution < -0.4 is 14.2 Å². The molecule has 31 heavy (non-hydrogen) atoms. The van der Waals surface area contributed by atoms with Crippen molar-refractivity contribution < 1.29 is 26.3 Å². The van der Waals surface area contributed by atoms with Crippen LogP contribution in [0.1, 0.15) is 33.1 Å². The van der Waals surface area contributed by atoms with Crippen LogP contribution in [0.15, 0.2) is 52.3 Å². The predicted octanol–water partition coefficient (Wildman–Crippen LogP) is 3.21. The van der Waals surface area contributed by atoms with Crippen molar-refractivity contribution in [2.24, 2.45) is 0 Å². The zero-order valence-electron chi connectivity index (χ0n) is 17.4. The van der Waals surface area contributed by atoms with E-state index in [2.05, 4.69) is 4.72 Å². The van der Waals surface area contributed by atoms with Gasteiger partial charge in [-0.2, -0.15) is 4.31 Å². The summed E-state index contributed by atoms with van der Waals surface area (Å²) >= 11 is 0. The second-order valence-electron chi connectivity index (χ2n) is 7.90. The first-order valence-corrected chi connectivity index (χ1v) is 13.2. The first-order valence-electron chi connectivity index (χ1n) is 10.2. The number of hydrogen-bond acceptors (Lipinski definition) is 6. The van der Waals surface area contributed by atoms with Crippen molar-refractivity contribution in [3.63, 3.8) is 0 Å². The molecule has 4 rings (SSSR count). The van der Waals surface area contributed by atoms with Crippen LogP contribution in [0.2, 0.25) is 0 Å². The number of ether oxygens (including phenoxy) is 2. The number of nitrogens with zero attached hydrogens (tertiary/aromatic N) is 1. The molecule has 2 aromatic carbocycles. The summed E-state index contributed by atoms with van der Waals surface area (Å²) in [5.41, 5.74) is 0.272. The number of sulfonamides is 2. The minimum absolute atomic E-state index is 0.0319. The number of nitrogens with one attached hydrogen (secondary N) is 1. The average molecular weight is 467 g/mol. The van der Waals surface area contributed by atoms with Gasteiger partial charge in [-0.25, -0.2) is 16.8 Å². The summed E-state index contributed by atoms with van der Waals surface area (Å²) in [5, 5.41) is 0. The molecule has 2 atom stereocenters. The van der Waals surface area contributed by atoms with Gasteiger partial charge < -0.3 is 9.47 Å². The monoisotopic (exact) mass is 466 g/mol. The molecule has 0 aromatic heterocycles. The normalized spacial score (nSPS) is 22.1. The maximum absolute atomic E-state index is 13.1. The van der Waals surface area contributed by atoms with Crippen molar-refractivity contribution in [1.29, 1.82) is 0 Å². The first-order chi connectivity index (χ1) is 14.7. The van der Waals surface area contributed by atoms with Crippen LogP contribution in [0.3, 0.4) is 0 Å². The maximum Gasteiger partial charge on any atom is 0.262 e. The van der Waals surface area contributed by atoms with Crippen molar-refractivity contribution >= 4 is 25.7 Å². The van der Waals surface area contributed by atoms with Crippen molar-refractivity contribution in [2.45, 2.75) is 55.0 Å². The lowest BCUT2D eigenvalue weighted by atomic mass is 10.0. The highest BCUT2D eigenvalue weighted by atomic mass is 32.2. The number of anilines is 1. The molecule has 10 heteroatoms. The Kier molecular flexibility index (Phi) is 5.89. The van der Waals surface area contributed by atoms with Crippen LogP contribution in [-0.2, 0) is 20.0 Å². The number of rotatable bonds is 5. The van der Waals surface area contributed by atoms with Gasteiger partial charge in [-0.15, -0.1) is 0 Å². The summed E-state index contributed by atoms with van der Waals surface area (Å²) in [5.74, 6) is 0.876. The Hall–Kier alpha value is -2.30. The Morgan fingerprint density at radius 1 is 0.839 bits per heavy atom. The summed E-state index contributed by atoms with van der Waals surface area (Å²) in [7, 11) is -7.54. The Morgan fingerprint density at radius 2 is 1.42 bits per heavy atom. The highest BCUT2D eigenvalue weighted by Gasteiger charge is 2.35. The quantitative estimate of drug-likeness (QED) is 0.726. The van der Waals surface area contributed by atoms with Crippen molar-refractivity contribution in [3.05, 3.63) is 42.5 Å². The topological polar surface area (TPSA) is 102 Å². The Morgan fingerprint density at radius 3 is 2.06 bits per heavy atom. The number of hydrogen-bond donors (Lipinski definition) is 1. The van der Waals surface area contributed by atoms with Gasteiger partial charge in [0.1, 0.15) is 13.2 Å². The minimum Gasteiger partial charge on any atom is -0.486 e. The molecule has 0 spiro atoms. The zero-order chi connectivity index (χ0) is 22.2. The van der Waals surface area contributed by atoms with E-state index in [1.807, 2.05) is 13.8 Å². The third-order valence-corrected chi connectivity index (χ3v) is 9.14. The van der Waals surface area contributed by atoms with Gasteiger partial charge >= 0.3 is 0 Å². The molecule has 1 fully saturated rings. The zero-order valence-corrected chi connectivity index (χ0v) is 19.1. The van der Waals surface area contributed by atoms with Gasteiger partial charge in [0, 0.05) is 23.8 Å². The van der Waals surface area contributed by atoms with E-state index in [0.717, 1.165) is 19.3 Å². The molecule has 2 aliphatic rings. The average Bonchev–Trinajstić information content (AvgIpc) is 2.73. The molecule has 2 heterocycles. The van der Waals surface area contributed by atoms with Crippen molar-refractivity contribution in [1.82, 2.24) is 4.31 Å². The van der Waals surface area contributed by atoms with Crippen LogP contribution in [0.25, 0.3) is 0 Å². The molecule has 1 N–H and O–H groups in total. The molecule has 1 saturated heterocycles.